The zero-order chi connectivity index (χ0) is 14.9. The van der Waals surface area contributed by atoms with Crippen LogP contribution in [0.15, 0.2) is 21.7 Å². The highest BCUT2D eigenvalue weighted by Gasteiger charge is 2.15. The van der Waals surface area contributed by atoms with Crippen molar-refractivity contribution in [2.45, 2.75) is 6.54 Å². The van der Waals surface area contributed by atoms with Crippen LogP contribution in [0.2, 0.25) is 0 Å². The number of nitrogens with one attached hydrogen (secondary N) is 2. The molecule has 0 fully saturated rings. The van der Waals surface area contributed by atoms with E-state index in [0.717, 1.165) is 0 Å². The lowest BCUT2D eigenvalue weighted by molar-refractivity contribution is -0.384. The highest BCUT2D eigenvalue weighted by molar-refractivity contribution is 5.80. The van der Waals surface area contributed by atoms with Crippen LogP contribution in [0.25, 0.3) is 11.0 Å². The normalized spacial score (nSPS) is 11.2. The van der Waals surface area contributed by atoms with Gasteiger partial charge in [-0.05, 0) is 0 Å². The van der Waals surface area contributed by atoms with Crippen molar-refractivity contribution >= 4 is 16.7 Å². The van der Waals surface area contributed by atoms with Crippen molar-refractivity contribution in [3.05, 3.63) is 48.5 Å². The monoisotopic (exact) mass is 280 g/mol. The molecule has 0 saturated heterocycles. The summed E-state index contributed by atoms with van der Waals surface area (Å²) >= 11 is 0. The molecule has 0 spiro atoms. The van der Waals surface area contributed by atoms with E-state index in [1.165, 1.54) is 24.3 Å². The van der Waals surface area contributed by atoms with E-state index in [1.54, 1.807) is 7.05 Å². The van der Waals surface area contributed by atoms with Crippen LogP contribution in [0, 0.1) is 10.1 Å². The van der Waals surface area contributed by atoms with Gasteiger partial charge in [0.05, 0.1) is 29.6 Å². The van der Waals surface area contributed by atoms with Crippen LogP contribution in [-0.2, 0) is 11.4 Å². The summed E-state index contributed by atoms with van der Waals surface area (Å²) in [4.78, 5) is 42.7. The Labute approximate surface area is 111 Å². The van der Waals surface area contributed by atoms with Gasteiger partial charge in [0.25, 0.3) is 5.69 Å². The van der Waals surface area contributed by atoms with E-state index >= 15 is 0 Å². The van der Waals surface area contributed by atoms with Gasteiger partial charge in [0.1, 0.15) is 0 Å². The molecule has 1 heterocycles. The number of non-ortho nitro benzene ring substituents is 1. The van der Waals surface area contributed by atoms with Gasteiger partial charge < -0.3 is 14.8 Å². The average molecular weight is 280 g/mol. The second kappa shape index (κ2) is 5.23. The first-order valence-corrected chi connectivity index (χ1v) is 5.61. The lowest BCUT2D eigenvalue weighted by Gasteiger charge is -2.14. The van der Waals surface area contributed by atoms with Gasteiger partial charge in [0.2, 0.25) is 0 Å². The molecule has 0 amide bonds. The molecule has 0 aliphatic heterocycles. The maximum absolute atomic E-state index is 11.4. The minimum atomic E-state index is -0.857. The molecule has 0 bridgehead atoms. The molecule has 0 aliphatic carbocycles. The van der Waals surface area contributed by atoms with Gasteiger partial charge in [0.15, 0.2) is 0 Å². The van der Waals surface area contributed by atoms with Crippen molar-refractivity contribution in [3.8, 4) is 0 Å². The molecule has 0 aliphatic rings. The van der Waals surface area contributed by atoms with Crippen LogP contribution in [0.5, 0.6) is 0 Å². The molecule has 0 saturated carbocycles. The van der Waals surface area contributed by atoms with Gasteiger partial charge in [-0.25, -0.2) is 0 Å². The number of fused-ring (bicyclic) bond motifs is 1. The van der Waals surface area contributed by atoms with E-state index in [4.69, 9.17) is 4.84 Å². The summed E-state index contributed by atoms with van der Waals surface area (Å²) in [7, 11) is 3.08. The third kappa shape index (κ3) is 2.58. The molecular formula is C11H12N4O5. The van der Waals surface area contributed by atoms with Crippen LogP contribution in [0.3, 0.4) is 0 Å². The van der Waals surface area contributed by atoms with E-state index in [-0.39, 0.29) is 17.7 Å². The van der Waals surface area contributed by atoms with Crippen LogP contribution < -0.4 is 11.1 Å². The molecule has 0 radical (unpaired) electrons. The maximum atomic E-state index is 11.4. The van der Waals surface area contributed by atoms with Gasteiger partial charge in [-0.15, -0.1) is 0 Å². The highest BCUT2D eigenvalue weighted by atomic mass is 16.7. The van der Waals surface area contributed by atoms with Crippen molar-refractivity contribution in [2.24, 2.45) is 0 Å². The quantitative estimate of drug-likeness (QED) is 0.466. The number of nitrogens with zero attached hydrogens (tertiary/aromatic N) is 2. The average Bonchev–Trinajstić information content (AvgIpc) is 2.40. The summed E-state index contributed by atoms with van der Waals surface area (Å²) in [6.45, 7) is 0.205. The highest BCUT2D eigenvalue weighted by Crippen LogP contribution is 2.22. The van der Waals surface area contributed by atoms with E-state index < -0.39 is 16.0 Å². The number of nitro benzene ring substituents is 1. The predicted octanol–water partition coefficient (Wildman–Crippen LogP) is 0.118. The third-order valence-corrected chi connectivity index (χ3v) is 2.81. The fourth-order valence-corrected chi connectivity index (χ4v) is 1.82. The van der Waals surface area contributed by atoms with Gasteiger partial charge in [-0.3, -0.25) is 19.7 Å². The maximum Gasteiger partial charge on any atom is 0.314 e. The molecule has 1 aromatic carbocycles. The Morgan fingerprint density at radius 2 is 1.95 bits per heavy atom. The van der Waals surface area contributed by atoms with Crippen molar-refractivity contribution in [1.29, 1.82) is 0 Å². The van der Waals surface area contributed by atoms with E-state index in [9.17, 15) is 19.7 Å². The Kier molecular flexibility index (Phi) is 3.63. The minimum absolute atomic E-state index is 0.181. The van der Waals surface area contributed by atoms with Crippen molar-refractivity contribution in [2.75, 3.05) is 14.2 Å². The lowest BCUT2D eigenvalue weighted by atomic mass is 10.1. The molecule has 2 N–H and O–H groups in total. The van der Waals surface area contributed by atoms with Crippen LogP contribution >= 0.6 is 0 Å². The number of aromatic nitrogens is 2. The number of rotatable bonds is 4. The molecule has 9 heteroatoms. The SMILES string of the molecule is CON(C)Cc1cc([N+](=O)[O-])cc2[nH]c(=O)c(=O)[nH]c12. The number of benzene rings is 1. The van der Waals surface area contributed by atoms with Gasteiger partial charge in [0, 0.05) is 24.7 Å². The Bertz CT molecular complexity index is 778. The second-order valence-corrected chi connectivity index (χ2v) is 4.16. The van der Waals surface area contributed by atoms with E-state index in [2.05, 4.69) is 9.97 Å². The Morgan fingerprint density at radius 1 is 1.30 bits per heavy atom. The standard InChI is InChI=1S/C11H12N4O5/c1-14(20-2)5-6-3-7(15(18)19)4-8-9(6)13-11(17)10(16)12-8/h3-4H,5H2,1-2H3,(H,12,16)(H,13,17). The first kappa shape index (κ1) is 13.9. The fourth-order valence-electron chi connectivity index (χ4n) is 1.82. The minimum Gasteiger partial charge on any atom is -0.316 e. The van der Waals surface area contributed by atoms with Crippen molar-refractivity contribution in [1.82, 2.24) is 15.0 Å². The second-order valence-electron chi connectivity index (χ2n) is 4.16. The summed E-state index contributed by atoms with van der Waals surface area (Å²) in [6, 6.07) is 2.52. The lowest BCUT2D eigenvalue weighted by Crippen LogP contribution is -2.29. The van der Waals surface area contributed by atoms with Gasteiger partial charge in [-0.1, -0.05) is 0 Å². The summed E-state index contributed by atoms with van der Waals surface area (Å²) in [5, 5.41) is 12.3. The largest absolute Gasteiger partial charge is 0.316 e. The van der Waals surface area contributed by atoms with Crippen molar-refractivity contribution < 1.29 is 9.76 Å². The van der Waals surface area contributed by atoms with Crippen molar-refractivity contribution in [3.63, 3.8) is 0 Å². The summed E-state index contributed by atoms with van der Waals surface area (Å²) < 4.78 is 0. The number of hydrogen-bond donors (Lipinski definition) is 2. The molecule has 20 heavy (non-hydrogen) atoms. The number of hydroxylamine groups is 2. The molecule has 9 nitrogen and oxygen atoms in total. The molecular weight excluding hydrogens is 268 g/mol. The molecule has 2 rings (SSSR count). The number of aromatic amines is 2. The summed E-state index contributed by atoms with van der Waals surface area (Å²) in [5.74, 6) is 0. The molecule has 1 aromatic heterocycles. The fraction of sp³-hybridized carbons (Fsp3) is 0.273. The zero-order valence-corrected chi connectivity index (χ0v) is 10.8. The molecule has 2 aromatic rings. The molecule has 0 unspecified atom stereocenters. The third-order valence-electron chi connectivity index (χ3n) is 2.81. The van der Waals surface area contributed by atoms with Crippen LogP contribution in [0.4, 0.5) is 5.69 Å². The van der Waals surface area contributed by atoms with E-state index in [0.29, 0.717) is 11.1 Å². The first-order valence-electron chi connectivity index (χ1n) is 5.61. The Hall–Kier alpha value is -2.52. The number of hydrogen-bond acceptors (Lipinski definition) is 6. The van der Waals surface area contributed by atoms with Crippen LogP contribution in [0.1, 0.15) is 5.56 Å². The van der Waals surface area contributed by atoms with Gasteiger partial charge >= 0.3 is 11.1 Å². The summed E-state index contributed by atoms with van der Waals surface area (Å²) in [5.41, 5.74) is -0.851. The number of nitro groups is 1. The van der Waals surface area contributed by atoms with Gasteiger partial charge in [-0.2, -0.15) is 5.06 Å². The Balaban J connectivity index is 2.74. The zero-order valence-electron chi connectivity index (χ0n) is 10.8. The molecule has 106 valence electrons. The topological polar surface area (TPSA) is 121 Å². The predicted molar refractivity (Wildman–Crippen MR) is 70.3 cm³/mol. The van der Waals surface area contributed by atoms with Crippen LogP contribution in [-0.4, -0.2) is 34.1 Å². The smallest absolute Gasteiger partial charge is 0.314 e. The number of H-pyrrole nitrogens is 2. The summed E-state index contributed by atoms with van der Waals surface area (Å²) in [6.07, 6.45) is 0. The first-order chi connectivity index (χ1) is 9.42. The Morgan fingerprint density at radius 3 is 2.55 bits per heavy atom. The van der Waals surface area contributed by atoms with E-state index in [1.807, 2.05) is 0 Å². The molecule has 0 atom stereocenters.